The first kappa shape index (κ1) is 45.9. The van der Waals surface area contributed by atoms with Crippen molar-refractivity contribution in [2.45, 2.75) is 82.5 Å². The number of nitro benzene ring substituents is 3. The van der Waals surface area contributed by atoms with Gasteiger partial charge in [0.05, 0.1) is 38.9 Å². The molecule has 63 heavy (non-hydrogen) atoms. The Kier molecular flexibility index (Phi) is 14.6. The fourth-order valence-corrected chi connectivity index (χ4v) is 9.37. The summed E-state index contributed by atoms with van der Waals surface area (Å²) < 4.78 is 16.4. The van der Waals surface area contributed by atoms with Gasteiger partial charge in [-0.25, -0.2) is 14.4 Å². The molecule has 334 valence electrons. The zero-order chi connectivity index (χ0) is 45.5. The smallest absolute Gasteiger partial charge is 0.410 e. The van der Waals surface area contributed by atoms with Crippen molar-refractivity contribution in [3.63, 3.8) is 0 Å². The summed E-state index contributed by atoms with van der Waals surface area (Å²) in [6.07, 6.45) is -3.12. The first-order chi connectivity index (χ1) is 30.0. The van der Waals surface area contributed by atoms with Crippen LogP contribution in [0, 0.1) is 42.2 Å². The number of nitrogens with zero attached hydrogens (tertiary/aromatic N) is 5. The number of β-lactam (4-membered cyclic amide) rings is 1. The molecule has 22 heteroatoms. The molecule has 3 aromatic carbocycles. The van der Waals surface area contributed by atoms with Gasteiger partial charge in [-0.2, -0.15) is 0 Å². The summed E-state index contributed by atoms with van der Waals surface area (Å²) in [7, 11) is 0. The number of aliphatic hydroxyl groups is 2. The maximum Gasteiger partial charge on any atom is 0.410 e. The molecule has 6 rings (SSSR count). The Morgan fingerprint density at radius 1 is 0.810 bits per heavy atom. The van der Waals surface area contributed by atoms with Crippen molar-refractivity contribution in [1.82, 2.24) is 15.1 Å². The van der Waals surface area contributed by atoms with Crippen molar-refractivity contribution in [3.05, 3.63) is 130 Å². The zero-order valence-electron chi connectivity index (χ0n) is 34.0. The third-order valence-electron chi connectivity index (χ3n) is 11.0. The van der Waals surface area contributed by atoms with Crippen molar-refractivity contribution in [2.24, 2.45) is 11.8 Å². The van der Waals surface area contributed by atoms with Crippen LogP contribution in [0.5, 0.6) is 0 Å². The predicted octanol–water partition coefficient (Wildman–Crippen LogP) is 5.10. The number of fused-ring (bicyclic) bond motifs is 1. The lowest BCUT2D eigenvalue weighted by atomic mass is 9.79. The number of ether oxygens (including phenoxy) is 3. The number of thioether (sulfide) groups is 1. The van der Waals surface area contributed by atoms with Crippen LogP contribution in [0.1, 0.15) is 49.8 Å². The molecule has 3 N–H and O–H groups in total. The third-order valence-corrected chi connectivity index (χ3v) is 12.5. The Balaban J connectivity index is 1.14. The second-order valence-corrected chi connectivity index (χ2v) is 16.7. The Hall–Kier alpha value is -6.65. The van der Waals surface area contributed by atoms with Gasteiger partial charge in [0.1, 0.15) is 25.5 Å². The van der Waals surface area contributed by atoms with E-state index in [1.807, 2.05) is 6.92 Å². The van der Waals surface area contributed by atoms with Crippen molar-refractivity contribution >= 4 is 52.9 Å². The van der Waals surface area contributed by atoms with Gasteiger partial charge in [-0.1, -0.05) is 6.92 Å². The summed E-state index contributed by atoms with van der Waals surface area (Å²) in [5, 5.41) is 56.9. The lowest BCUT2D eigenvalue weighted by molar-refractivity contribution is -0.385. The van der Waals surface area contributed by atoms with Crippen LogP contribution in [-0.2, 0) is 43.6 Å². The van der Waals surface area contributed by atoms with Crippen molar-refractivity contribution in [1.29, 1.82) is 0 Å². The number of esters is 1. The van der Waals surface area contributed by atoms with E-state index in [1.54, 1.807) is 0 Å². The highest BCUT2D eigenvalue weighted by atomic mass is 32.2. The molecule has 21 nitrogen and oxygen atoms in total. The average Bonchev–Trinajstić information content (AvgIpc) is 3.76. The number of hydrogen-bond acceptors (Lipinski definition) is 16. The van der Waals surface area contributed by atoms with E-state index >= 15 is 0 Å². The standard InChI is InChI=1S/C41H44N6O15S/c1-23-35-34(24(2)48)38(50)44(35)36(39(51)60-20-25-3-9-28(10-4-25)45(54)55)37(23)63-33-18-31(43(19-33)41(53)62-22-27-7-13-30(14-8-27)47(58)59)17-32(49)15-16-42-40(52)61-21-26-5-11-29(12-6-26)46(56)57/h3-14,23-24,31-35,48-49H,15-22H2,1-2H3,(H,42,52)/t23-,24-,31-,32+,33+,34-,35-/m1/s1. The normalized spacial score (nSPS) is 21.2. The highest BCUT2D eigenvalue weighted by molar-refractivity contribution is 8.03. The lowest BCUT2D eigenvalue weighted by Gasteiger charge is -2.46. The van der Waals surface area contributed by atoms with Gasteiger partial charge in [0.2, 0.25) is 5.91 Å². The first-order valence-corrected chi connectivity index (χ1v) is 20.7. The van der Waals surface area contributed by atoms with Crippen molar-refractivity contribution < 1.29 is 58.4 Å². The van der Waals surface area contributed by atoms with Crippen LogP contribution in [0.3, 0.4) is 0 Å². The monoisotopic (exact) mass is 892 g/mol. The van der Waals surface area contributed by atoms with Gasteiger partial charge >= 0.3 is 18.2 Å². The average molecular weight is 893 g/mol. The van der Waals surface area contributed by atoms with Gasteiger partial charge in [-0.15, -0.1) is 11.8 Å². The van der Waals surface area contributed by atoms with Crippen LogP contribution in [0.2, 0.25) is 0 Å². The Morgan fingerprint density at radius 3 is 1.79 bits per heavy atom. The molecule has 0 aromatic heterocycles. The molecule has 2 saturated heterocycles. The largest absolute Gasteiger partial charge is 0.456 e. The first-order valence-electron chi connectivity index (χ1n) is 19.8. The van der Waals surface area contributed by atoms with Crippen LogP contribution in [0.4, 0.5) is 26.7 Å². The number of non-ortho nitro benzene ring substituents is 3. The number of carbonyl (C=O) groups is 4. The summed E-state index contributed by atoms with van der Waals surface area (Å²) in [4.78, 5) is 88.0. The number of carbonyl (C=O) groups excluding carboxylic acids is 4. The molecule has 0 saturated carbocycles. The number of nitro groups is 3. The van der Waals surface area contributed by atoms with Gasteiger partial charge in [0.25, 0.3) is 17.1 Å². The molecule has 0 radical (unpaired) electrons. The highest BCUT2D eigenvalue weighted by Gasteiger charge is 2.60. The van der Waals surface area contributed by atoms with Crippen LogP contribution in [0.15, 0.2) is 83.4 Å². The van der Waals surface area contributed by atoms with Crippen LogP contribution < -0.4 is 5.32 Å². The number of hydrogen-bond donors (Lipinski definition) is 3. The van der Waals surface area contributed by atoms with E-state index in [4.69, 9.17) is 14.2 Å². The van der Waals surface area contributed by atoms with Crippen molar-refractivity contribution in [3.8, 4) is 0 Å². The topological polar surface area (TPSA) is 284 Å². The summed E-state index contributed by atoms with van der Waals surface area (Å²) >= 11 is 1.27. The number of amides is 3. The number of benzene rings is 3. The number of alkyl carbamates (subject to hydrolysis) is 1. The van der Waals surface area contributed by atoms with E-state index in [1.165, 1.54) is 101 Å². The zero-order valence-corrected chi connectivity index (χ0v) is 34.8. The molecule has 0 bridgehead atoms. The van der Waals surface area contributed by atoms with Gasteiger partial charge in [0.15, 0.2) is 0 Å². The molecule has 3 aliphatic heterocycles. The second-order valence-electron chi connectivity index (χ2n) is 15.3. The van der Waals surface area contributed by atoms with E-state index in [2.05, 4.69) is 5.32 Å². The predicted molar refractivity (Wildman–Crippen MR) is 221 cm³/mol. The number of nitrogens with one attached hydrogen (secondary N) is 1. The van der Waals surface area contributed by atoms with E-state index in [0.717, 1.165) is 0 Å². The summed E-state index contributed by atoms with van der Waals surface area (Å²) in [5.41, 5.74) is 1.10. The maximum atomic E-state index is 13.8. The molecule has 3 aromatic rings. The Labute approximate surface area is 363 Å². The molecular weight excluding hydrogens is 849 g/mol. The number of aliphatic hydroxyl groups excluding tert-OH is 2. The van der Waals surface area contributed by atoms with Gasteiger partial charge in [-0.3, -0.25) is 35.1 Å². The highest BCUT2D eigenvalue weighted by Crippen LogP contribution is 2.52. The van der Waals surface area contributed by atoms with Crippen molar-refractivity contribution in [2.75, 3.05) is 13.1 Å². The summed E-state index contributed by atoms with van der Waals surface area (Å²) in [6, 6.07) is 15.3. The minimum absolute atomic E-state index is 0.00119. The minimum Gasteiger partial charge on any atom is -0.456 e. The van der Waals surface area contributed by atoms with E-state index in [0.29, 0.717) is 28.0 Å². The van der Waals surface area contributed by atoms with Crippen LogP contribution in [0.25, 0.3) is 0 Å². The molecule has 3 amide bonds. The molecule has 0 spiro atoms. The van der Waals surface area contributed by atoms with Gasteiger partial charge in [-0.05, 0) is 79.3 Å². The lowest BCUT2D eigenvalue weighted by Crippen LogP contribution is -2.63. The summed E-state index contributed by atoms with van der Waals surface area (Å²) in [6.45, 7) is 2.81. The van der Waals surface area contributed by atoms with Crippen LogP contribution >= 0.6 is 11.8 Å². The number of likely N-dealkylation sites (tertiary alicyclic amines) is 1. The Bertz CT molecular complexity index is 2260. The van der Waals surface area contributed by atoms with E-state index < -0.39 is 80.2 Å². The number of rotatable bonds is 18. The molecule has 3 aliphatic rings. The van der Waals surface area contributed by atoms with Gasteiger partial charge < -0.3 is 39.5 Å². The van der Waals surface area contributed by atoms with E-state index in [-0.39, 0.29) is 68.5 Å². The SMILES string of the molecule is C[C@@H](O)[C@H]1C(=O)N2C(C(=O)OCc3ccc([N+](=O)[O-])cc3)=C(S[C@H]3C[C@@H](C[C@@H](O)CCNC(=O)OCc4ccc([N+](=O)[O-])cc4)N(C(=O)OCc4ccc([N+](=O)[O-])cc4)C3)[C@H](C)[C@H]12. The molecule has 2 fully saturated rings. The fraction of sp³-hybridized carbons (Fsp3) is 0.415. The molecule has 3 heterocycles. The second kappa shape index (κ2) is 20.0. The quantitative estimate of drug-likeness (QED) is 0.0492. The molecule has 7 atom stereocenters. The minimum atomic E-state index is -1.03. The van der Waals surface area contributed by atoms with Crippen LogP contribution in [-0.4, -0.2) is 101 Å². The molecule has 0 aliphatic carbocycles. The van der Waals surface area contributed by atoms with Gasteiger partial charge in [0, 0.05) is 71.6 Å². The summed E-state index contributed by atoms with van der Waals surface area (Å²) in [5.74, 6) is -2.47. The maximum absolute atomic E-state index is 13.8. The molecule has 0 unspecified atom stereocenters. The third kappa shape index (κ3) is 10.9. The fourth-order valence-electron chi connectivity index (χ4n) is 7.81. The van der Waals surface area contributed by atoms with E-state index in [9.17, 15) is 59.7 Å². The molecular formula is C41H44N6O15S. The Morgan fingerprint density at radius 2 is 1.30 bits per heavy atom.